The summed E-state index contributed by atoms with van der Waals surface area (Å²) in [5.41, 5.74) is 1.44. The van der Waals surface area contributed by atoms with Gasteiger partial charge in [0.15, 0.2) is 0 Å². The Labute approximate surface area is 145 Å². The first-order chi connectivity index (χ1) is 12.3. The van der Waals surface area contributed by atoms with Crippen molar-refractivity contribution in [3.05, 3.63) is 48.4 Å². The van der Waals surface area contributed by atoms with Crippen LogP contribution in [0.1, 0.15) is 10.5 Å². The molecule has 1 aromatic carbocycles. The Morgan fingerprint density at radius 3 is 2.60 bits per heavy atom. The van der Waals surface area contributed by atoms with E-state index in [0.29, 0.717) is 24.7 Å². The van der Waals surface area contributed by atoms with E-state index >= 15 is 0 Å². The van der Waals surface area contributed by atoms with Gasteiger partial charge in [-0.15, -0.1) is 0 Å². The topological polar surface area (TPSA) is 74.3 Å². The lowest BCUT2D eigenvalue weighted by molar-refractivity contribution is 0.0741. The molecule has 0 unspecified atom stereocenters. The molecule has 3 heterocycles. The number of H-pyrrole nitrogens is 1. The normalized spacial score (nSPS) is 14.8. The van der Waals surface area contributed by atoms with E-state index in [1.54, 1.807) is 25.6 Å². The monoisotopic (exact) mass is 337 g/mol. The summed E-state index contributed by atoms with van der Waals surface area (Å²) in [6.45, 7) is 2.73. The zero-order valence-electron chi connectivity index (χ0n) is 14.0. The van der Waals surface area contributed by atoms with E-state index in [1.165, 1.54) is 0 Å². The van der Waals surface area contributed by atoms with Crippen LogP contribution in [0.2, 0.25) is 0 Å². The highest BCUT2D eigenvalue weighted by molar-refractivity contribution is 5.99. The molecule has 7 nitrogen and oxygen atoms in total. The lowest BCUT2D eigenvalue weighted by Crippen LogP contribution is -2.49. The molecule has 0 bridgehead atoms. The average Bonchev–Trinajstić information content (AvgIpc) is 3.12. The number of hydrogen-bond donors (Lipinski definition) is 1. The third-order valence-electron chi connectivity index (χ3n) is 4.47. The smallest absolute Gasteiger partial charge is 0.270 e. The molecule has 1 amide bonds. The number of anilines is 1. The van der Waals surface area contributed by atoms with Gasteiger partial charge < -0.3 is 19.5 Å². The molecule has 2 aromatic heterocycles. The fraction of sp³-hybridized carbons (Fsp3) is 0.278. The van der Waals surface area contributed by atoms with Crippen molar-refractivity contribution in [2.75, 3.05) is 38.2 Å². The zero-order chi connectivity index (χ0) is 17.2. The summed E-state index contributed by atoms with van der Waals surface area (Å²) < 4.78 is 5.35. The van der Waals surface area contributed by atoms with E-state index in [1.807, 2.05) is 29.2 Å². The first-order valence-corrected chi connectivity index (χ1v) is 8.23. The molecular weight excluding hydrogens is 318 g/mol. The van der Waals surface area contributed by atoms with E-state index in [0.717, 1.165) is 29.7 Å². The minimum atomic E-state index is 0.00637. The molecular formula is C18H19N5O2. The summed E-state index contributed by atoms with van der Waals surface area (Å²) in [6, 6.07) is 9.45. The number of carbonyl (C=O) groups excluding carboxylic acids is 1. The number of piperazine rings is 1. The van der Waals surface area contributed by atoms with Crippen molar-refractivity contribution in [1.82, 2.24) is 19.9 Å². The summed E-state index contributed by atoms with van der Waals surface area (Å²) in [6.07, 6.45) is 3.47. The third kappa shape index (κ3) is 2.88. The number of nitrogens with one attached hydrogen (secondary N) is 1. The summed E-state index contributed by atoms with van der Waals surface area (Å²) in [5, 5.41) is 0.971. The Morgan fingerprint density at radius 1 is 1.12 bits per heavy atom. The molecule has 0 radical (unpaired) electrons. The van der Waals surface area contributed by atoms with Gasteiger partial charge in [0.2, 0.25) is 5.95 Å². The van der Waals surface area contributed by atoms with Gasteiger partial charge in [0.25, 0.3) is 5.91 Å². The lowest BCUT2D eigenvalue weighted by Gasteiger charge is -2.34. The van der Waals surface area contributed by atoms with Crippen LogP contribution in [0, 0.1) is 0 Å². The van der Waals surface area contributed by atoms with E-state index in [4.69, 9.17) is 4.74 Å². The Balaban J connectivity index is 1.49. The van der Waals surface area contributed by atoms with Gasteiger partial charge in [0, 0.05) is 44.0 Å². The number of rotatable bonds is 3. The van der Waals surface area contributed by atoms with Crippen LogP contribution in [-0.2, 0) is 0 Å². The van der Waals surface area contributed by atoms with Crippen molar-refractivity contribution in [2.45, 2.75) is 0 Å². The van der Waals surface area contributed by atoms with E-state index in [2.05, 4.69) is 19.9 Å². The molecule has 0 atom stereocenters. The number of aromatic nitrogens is 3. The Kier molecular flexibility index (Phi) is 3.97. The van der Waals surface area contributed by atoms with Crippen LogP contribution in [0.15, 0.2) is 42.7 Å². The van der Waals surface area contributed by atoms with Crippen molar-refractivity contribution in [1.29, 1.82) is 0 Å². The third-order valence-corrected chi connectivity index (χ3v) is 4.47. The molecule has 1 fully saturated rings. The maximum Gasteiger partial charge on any atom is 0.270 e. The first kappa shape index (κ1) is 15.4. The highest BCUT2D eigenvalue weighted by Gasteiger charge is 2.24. The van der Waals surface area contributed by atoms with Crippen molar-refractivity contribution in [3.63, 3.8) is 0 Å². The molecule has 25 heavy (non-hydrogen) atoms. The van der Waals surface area contributed by atoms with Crippen molar-refractivity contribution in [2.24, 2.45) is 0 Å². The summed E-state index contributed by atoms with van der Waals surface area (Å²) in [4.78, 5) is 28.5. The molecule has 3 aromatic rings. The van der Waals surface area contributed by atoms with E-state index in [9.17, 15) is 4.79 Å². The van der Waals surface area contributed by atoms with E-state index < -0.39 is 0 Å². The summed E-state index contributed by atoms with van der Waals surface area (Å²) >= 11 is 0. The lowest BCUT2D eigenvalue weighted by atomic mass is 10.2. The van der Waals surface area contributed by atoms with Crippen LogP contribution in [0.5, 0.6) is 5.75 Å². The second-order valence-electron chi connectivity index (χ2n) is 5.94. The second kappa shape index (κ2) is 6.43. The van der Waals surface area contributed by atoms with Gasteiger partial charge >= 0.3 is 0 Å². The zero-order valence-corrected chi connectivity index (χ0v) is 14.0. The Bertz CT molecular complexity index is 885. The Morgan fingerprint density at radius 2 is 1.88 bits per heavy atom. The minimum absolute atomic E-state index is 0.00637. The van der Waals surface area contributed by atoms with Gasteiger partial charge in [-0.1, -0.05) is 12.1 Å². The molecule has 1 aliphatic rings. The summed E-state index contributed by atoms with van der Waals surface area (Å²) in [5.74, 6) is 1.46. The SMILES string of the molecule is COc1cccc2cc(C(=O)N3CCN(c4ncccn4)CC3)[nH]c12. The summed E-state index contributed by atoms with van der Waals surface area (Å²) in [7, 11) is 1.63. The second-order valence-corrected chi connectivity index (χ2v) is 5.94. The largest absolute Gasteiger partial charge is 0.495 e. The van der Waals surface area contributed by atoms with Gasteiger partial charge in [-0.3, -0.25) is 4.79 Å². The number of fused-ring (bicyclic) bond motifs is 1. The Hall–Kier alpha value is -3.09. The van der Waals surface area contributed by atoms with Crippen LogP contribution in [0.3, 0.4) is 0 Å². The molecule has 7 heteroatoms. The van der Waals surface area contributed by atoms with Gasteiger partial charge in [0.05, 0.1) is 12.6 Å². The molecule has 4 rings (SSSR count). The number of para-hydroxylation sites is 1. The fourth-order valence-electron chi connectivity index (χ4n) is 3.15. The maximum atomic E-state index is 12.8. The number of nitrogens with zero attached hydrogens (tertiary/aromatic N) is 4. The van der Waals surface area contributed by atoms with Gasteiger partial charge in [-0.05, 0) is 18.2 Å². The van der Waals surface area contributed by atoms with Crippen LogP contribution >= 0.6 is 0 Å². The molecule has 1 aliphatic heterocycles. The molecule has 0 saturated carbocycles. The van der Waals surface area contributed by atoms with Crippen molar-refractivity contribution >= 4 is 22.8 Å². The number of amides is 1. The van der Waals surface area contributed by atoms with Gasteiger partial charge in [0.1, 0.15) is 11.4 Å². The molecule has 1 N–H and O–H groups in total. The number of benzene rings is 1. The predicted molar refractivity (Wildman–Crippen MR) is 95.0 cm³/mol. The number of aromatic amines is 1. The average molecular weight is 337 g/mol. The highest BCUT2D eigenvalue weighted by atomic mass is 16.5. The molecule has 0 spiro atoms. The fourth-order valence-corrected chi connectivity index (χ4v) is 3.15. The number of methoxy groups -OCH3 is 1. The molecule has 0 aliphatic carbocycles. The molecule has 128 valence electrons. The van der Waals surface area contributed by atoms with Gasteiger partial charge in [-0.2, -0.15) is 0 Å². The van der Waals surface area contributed by atoms with Crippen molar-refractivity contribution in [3.8, 4) is 5.75 Å². The van der Waals surface area contributed by atoms with Crippen LogP contribution in [0.25, 0.3) is 10.9 Å². The van der Waals surface area contributed by atoms with Crippen LogP contribution in [-0.4, -0.2) is 59.0 Å². The van der Waals surface area contributed by atoms with Gasteiger partial charge in [-0.25, -0.2) is 9.97 Å². The standard InChI is InChI=1S/C18H19N5O2/c1-25-15-5-2-4-13-12-14(21-16(13)15)17(24)22-8-10-23(11-9-22)18-19-6-3-7-20-18/h2-7,12,21H,8-11H2,1H3. The highest BCUT2D eigenvalue weighted by Crippen LogP contribution is 2.26. The number of carbonyl (C=O) groups is 1. The number of ether oxygens (including phenoxy) is 1. The van der Waals surface area contributed by atoms with Crippen molar-refractivity contribution < 1.29 is 9.53 Å². The predicted octanol–water partition coefficient (Wildman–Crippen LogP) is 1.93. The minimum Gasteiger partial charge on any atom is -0.495 e. The quantitative estimate of drug-likeness (QED) is 0.790. The maximum absolute atomic E-state index is 12.8. The number of hydrogen-bond acceptors (Lipinski definition) is 5. The van der Waals surface area contributed by atoms with Crippen LogP contribution < -0.4 is 9.64 Å². The van der Waals surface area contributed by atoms with E-state index in [-0.39, 0.29) is 5.91 Å². The van der Waals surface area contributed by atoms with Crippen LogP contribution in [0.4, 0.5) is 5.95 Å². The first-order valence-electron chi connectivity index (χ1n) is 8.23. The molecule has 1 saturated heterocycles.